The molecule has 6 nitrogen and oxygen atoms in total. The van der Waals surface area contributed by atoms with Crippen LogP contribution in [0.4, 0.5) is 11.4 Å². The van der Waals surface area contributed by atoms with Crippen LogP contribution in [0.2, 0.25) is 0 Å². The van der Waals surface area contributed by atoms with Gasteiger partial charge in [-0.05, 0) is 61.2 Å². The van der Waals surface area contributed by atoms with Crippen LogP contribution in [0.15, 0.2) is 47.4 Å². The average Bonchev–Trinajstić information content (AvgIpc) is 2.70. The zero-order valence-corrected chi connectivity index (χ0v) is 17.3. The second kappa shape index (κ2) is 9.30. The number of aryl methyl sites for hydroxylation is 1. The smallest absolute Gasteiger partial charge is 0.261 e. The van der Waals surface area contributed by atoms with Gasteiger partial charge in [0, 0.05) is 25.9 Å². The van der Waals surface area contributed by atoms with Crippen molar-refractivity contribution in [2.24, 2.45) is 0 Å². The van der Waals surface area contributed by atoms with Crippen LogP contribution in [0, 0.1) is 0 Å². The SMILES string of the molecule is CCCOc1ccc(S(=O)(=O)Nc2ccc3c(c2)N(CCOC)CCC3)cc1. The predicted octanol–water partition coefficient (Wildman–Crippen LogP) is 3.68. The highest BCUT2D eigenvalue weighted by atomic mass is 32.2. The molecular weight excluding hydrogens is 376 g/mol. The van der Waals surface area contributed by atoms with Gasteiger partial charge in [-0.25, -0.2) is 8.42 Å². The summed E-state index contributed by atoms with van der Waals surface area (Å²) in [5, 5.41) is 0. The number of benzene rings is 2. The molecule has 0 saturated heterocycles. The fraction of sp³-hybridized carbons (Fsp3) is 0.429. The number of ether oxygens (including phenoxy) is 2. The zero-order valence-electron chi connectivity index (χ0n) is 16.5. The lowest BCUT2D eigenvalue weighted by atomic mass is 10.0. The molecule has 0 amide bonds. The van der Waals surface area contributed by atoms with E-state index in [9.17, 15) is 8.42 Å². The lowest BCUT2D eigenvalue weighted by molar-refractivity contribution is 0.205. The number of anilines is 2. The fourth-order valence-electron chi connectivity index (χ4n) is 3.30. The van der Waals surface area contributed by atoms with E-state index >= 15 is 0 Å². The summed E-state index contributed by atoms with van der Waals surface area (Å²) >= 11 is 0. The Bertz CT molecular complexity index is 882. The van der Waals surface area contributed by atoms with Crippen LogP contribution in [0.25, 0.3) is 0 Å². The second-order valence-electron chi connectivity index (χ2n) is 6.85. The van der Waals surface area contributed by atoms with Crippen molar-refractivity contribution >= 4 is 21.4 Å². The van der Waals surface area contributed by atoms with Crippen LogP contribution in [-0.4, -0.2) is 41.8 Å². The molecule has 0 unspecified atom stereocenters. The molecule has 7 heteroatoms. The van der Waals surface area contributed by atoms with Gasteiger partial charge in [0.25, 0.3) is 10.0 Å². The molecule has 2 aromatic rings. The highest BCUT2D eigenvalue weighted by molar-refractivity contribution is 7.92. The first-order chi connectivity index (χ1) is 13.5. The van der Waals surface area contributed by atoms with E-state index in [0.717, 1.165) is 38.0 Å². The Kier molecular flexibility index (Phi) is 6.80. The first-order valence-electron chi connectivity index (χ1n) is 9.66. The predicted molar refractivity (Wildman–Crippen MR) is 112 cm³/mol. The van der Waals surface area contributed by atoms with Crippen LogP contribution in [-0.2, 0) is 21.2 Å². The Hall–Kier alpha value is -2.25. The number of methoxy groups -OCH3 is 1. The topological polar surface area (TPSA) is 67.9 Å². The molecule has 1 heterocycles. The Labute approximate surface area is 167 Å². The molecule has 28 heavy (non-hydrogen) atoms. The van der Waals surface area contributed by atoms with E-state index in [1.807, 2.05) is 25.1 Å². The summed E-state index contributed by atoms with van der Waals surface area (Å²) in [4.78, 5) is 2.46. The van der Waals surface area contributed by atoms with Gasteiger partial charge in [0.05, 0.1) is 23.8 Å². The molecule has 0 aliphatic carbocycles. The number of nitrogens with one attached hydrogen (secondary N) is 1. The number of nitrogens with zero attached hydrogens (tertiary/aromatic N) is 1. The standard InChI is InChI=1S/C21H28N2O4S/c1-3-14-27-19-8-10-20(11-9-19)28(24,25)22-18-7-6-17-5-4-12-23(13-15-26-2)21(17)16-18/h6-11,16,22H,3-5,12-15H2,1-2H3. The number of fused-ring (bicyclic) bond motifs is 1. The van der Waals surface area contributed by atoms with Gasteiger partial charge in [-0.3, -0.25) is 4.72 Å². The lowest BCUT2D eigenvalue weighted by Gasteiger charge is -2.31. The Balaban J connectivity index is 1.77. The molecule has 3 rings (SSSR count). The number of sulfonamides is 1. The molecule has 0 radical (unpaired) electrons. The van der Waals surface area contributed by atoms with Gasteiger partial charge >= 0.3 is 0 Å². The highest BCUT2D eigenvalue weighted by Crippen LogP contribution is 2.31. The summed E-state index contributed by atoms with van der Waals surface area (Å²) in [6.07, 6.45) is 3.00. The maximum absolute atomic E-state index is 12.8. The van der Waals surface area contributed by atoms with Crippen molar-refractivity contribution in [3.05, 3.63) is 48.0 Å². The van der Waals surface area contributed by atoms with Crippen LogP contribution in [0.1, 0.15) is 25.3 Å². The summed E-state index contributed by atoms with van der Waals surface area (Å²) in [6.45, 7) is 5.02. The first-order valence-corrected chi connectivity index (χ1v) is 11.1. The maximum Gasteiger partial charge on any atom is 0.261 e. The molecule has 1 N–H and O–H groups in total. The molecule has 152 valence electrons. The summed E-state index contributed by atoms with van der Waals surface area (Å²) in [5.41, 5.74) is 2.88. The average molecular weight is 405 g/mol. The van der Waals surface area contributed by atoms with Gasteiger partial charge in [-0.1, -0.05) is 13.0 Å². The Morgan fingerprint density at radius 2 is 1.89 bits per heavy atom. The van der Waals surface area contributed by atoms with Crippen molar-refractivity contribution in [3.8, 4) is 5.75 Å². The third-order valence-corrected chi connectivity index (χ3v) is 6.12. The summed E-state index contributed by atoms with van der Waals surface area (Å²) < 4.78 is 38.9. The van der Waals surface area contributed by atoms with Gasteiger partial charge in [0.15, 0.2) is 0 Å². The van der Waals surface area contributed by atoms with Crippen LogP contribution in [0.3, 0.4) is 0 Å². The number of rotatable bonds is 9. The largest absolute Gasteiger partial charge is 0.494 e. The van der Waals surface area contributed by atoms with Crippen LogP contribution in [0.5, 0.6) is 5.75 Å². The minimum atomic E-state index is -3.66. The molecule has 0 fully saturated rings. The van der Waals surface area contributed by atoms with Gasteiger partial charge in [-0.15, -0.1) is 0 Å². The van der Waals surface area contributed by atoms with E-state index < -0.39 is 10.0 Å². The summed E-state index contributed by atoms with van der Waals surface area (Å²) in [5.74, 6) is 0.670. The van der Waals surface area contributed by atoms with E-state index in [1.54, 1.807) is 31.4 Å². The quantitative estimate of drug-likeness (QED) is 0.691. The zero-order chi connectivity index (χ0) is 20.0. The minimum absolute atomic E-state index is 0.213. The van der Waals surface area contributed by atoms with E-state index in [-0.39, 0.29) is 4.90 Å². The lowest BCUT2D eigenvalue weighted by Crippen LogP contribution is -2.32. The van der Waals surface area contributed by atoms with Crippen molar-refractivity contribution in [3.63, 3.8) is 0 Å². The number of hydrogen-bond donors (Lipinski definition) is 1. The van der Waals surface area contributed by atoms with Crippen LogP contribution >= 0.6 is 0 Å². The highest BCUT2D eigenvalue weighted by Gasteiger charge is 2.19. The molecule has 1 aliphatic heterocycles. The van der Waals surface area contributed by atoms with E-state index in [1.165, 1.54) is 5.56 Å². The minimum Gasteiger partial charge on any atom is -0.494 e. The molecular formula is C21H28N2O4S. The molecule has 0 atom stereocenters. The van der Waals surface area contributed by atoms with Gasteiger partial charge in [0.2, 0.25) is 0 Å². The third-order valence-electron chi connectivity index (χ3n) is 4.72. The maximum atomic E-state index is 12.8. The molecule has 0 saturated carbocycles. The summed E-state index contributed by atoms with van der Waals surface area (Å²) in [6, 6.07) is 12.3. The van der Waals surface area contributed by atoms with Crippen molar-refractivity contribution in [1.29, 1.82) is 0 Å². The first kappa shape index (κ1) is 20.5. The van der Waals surface area contributed by atoms with E-state index in [4.69, 9.17) is 9.47 Å². The third kappa shape index (κ3) is 4.97. The van der Waals surface area contributed by atoms with Gasteiger partial charge < -0.3 is 14.4 Å². The molecule has 0 aromatic heterocycles. The fourth-order valence-corrected chi connectivity index (χ4v) is 4.35. The second-order valence-corrected chi connectivity index (χ2v) is 8.53. The monoisotopic (exact) mass is 404 g/mol. The van der Waals surface area contributed by atoms with Crippen LogP contribution < -0.4 is 14.4 Å². The Morgan fingerprint density at radius 3 is 2.61 bits per heavy atom. The van der Waals surface area contributed by atoms with Gasteiger partial charge in [-0.2, -0.15) is 0 Å². The molecule has 0 bridgehead atoms. The molecule has 1 aliphatic rings. The van der Waals surface area contributed by atoms with Gasteiger partial charge in [0.1, 0.15) is 5.75 Å². The van der Waals surface area contributed by atoms with E-state index in [0.29, 0.717) is 24.7 Å². The number of hydrogen-bond acceptors (Lipinski definition) is 5. The van der Waals surface area contributed by atoms with Crippen molar-refractivity contribution in [1.82, 2.24) is 0 Å². The summed E-state index contributed by atoms with van der Waals surface area (Å²) in [7, 11) is -1.97. The molecule has 0 spiro atoms. The van der Waals surface area contributed by atoms with Crippen molar-refractivity contribution < 1.29 is 17.9 Å². The normalized spacial score (nSPS) is 13.9. The van der Waals surface area contributed by atoms with Crippen molar-refractivity contribution in [2.45, 2.75) is 31.1 Å². The molecule has 2 aromatic carbocycles. The van der Waals surface area contributed by atoms with E-state index in [2.05, 4.69) is 9.62 Å². The Morgan fingerprint density at radius 1 is 1.11 bits per heavy atom. The van der Waals surface area contributed by atoms with Crippen molar-refractivity contribution in [2.75, 3.05) is 43.0 Å².